The fraction of sp³-hybridized carbons (Fsp3) is 0.412. The number of aryl methyl sites for hydroxylation is 3. The number of nitrogens with one attached hydrogen (secondary N) is 3. The molecule has 0 aliphatic heterocycles. The fourth-order valence-corrected chi connectivity index (χ4v) is 2.36. The summed E-state index contributed by atoms with van der Waals surface area (Å²) in [5.41, 5.74) is 2.86. The lowest BCUT2D eigenvalue weighted by Crippen LogP contribution is -2.41. The Kier molecular flexibility index (Phi) is 6.94. The van der Waals surface area contributed by atoms with Crippen LogP contribution >= 0.6 is 0 Å². The summed E-state index contributed by atoms with van der Waals surface area (Å²) in [6, 6.07) is 5.62. The van der Waals surface area contributed by atoms with Crippen LogP contribution in [-0.4, -0.2) is 46.8 Å². The van der Waals surface area contributed by atoms with Crippen LogP contribution in [-0.2, 0) is 11.3 Å². The van der Waals surface area contributed by atoms with Gasteiger partial charge in [-0.15, -0.1) is 0 Å². The molecule has 2 rings (SSSR count). The first-order valence-corrected chi connectivity index (χ1v) is 8.24. The number of hydrogen-bond acceptors (Lipinski definition) is 4. The van der Waals surface area contributed by atoms with Crippen LogP contribution in [0.15, 0.2) is 35.6 Å². The predicted octanol–water partition coefficient (Wildman–Crippen LogP) is 1.09. The number of nitrogens with zero attached hydrogens (tertiary/aromatic N) is 4. The highest BCUT2D eigenvalue weighted by Gasteiger charge is 2.05. The van der Waals surface area contributed by atoms with Gasteiger partial charge >= 0.3 is 0 Å². The van der Waals surface area contributed by atoms with Gasteiger partial charge in [0.25, 0.3) is 0 Å². The zero-order valence-corrected chi connectivity index (χ0v) is 14.9. The van der Waals surface area contributed by atoms with E-state index in [1.54, 1.807) is 31.6 Å². The van der Waals surface area contributed by atoms with Crippen molar-refractivity contribution in [2.24, 2.45) is 4.99 Å². The number of guanidine groups is 1. The summed E-state index contributed by atoms with van der Waals surface area (Å²) < 4.78 is 1.99. The van der Waals surface area contributed by atoms with Gasteiger partial charge in [0, 0.05) is 32.0 Å². The molecule has 0 aromatic carbocycles. The Hall–Kier alpha value is -2.90. The normalized spacial score (nSPS) is 11.2. The Morgan fingerprint density at radius 1 is 1.32 bits per heavy atom. The van der Waals surface area contributed by atoms with E-state index in [1.165, 1.54) is 0 Å². The first-order valence-electron chi connectivity index (χ1n) is 8.24. The Labute approximate surface area is 147 Å². The quantitative estimate of drug-likeness (QED) is 0.397. The first kappa shape index (κ1) is 18.4. The van der Waals surface area contributed by atoms with E-state index >= 15 is 0 Å². The third-order valence-corrected chi connectivity index (χ3v) is 3.53. The topological polar surface area (TPSA) is 96.2 Å². The van der Waals surface area contributed by atoms with Gasteiger partial charge in [-0.3, -0.25) is 19.5 Å². The fourth-order valence-electron chi connectivity index (χ4n) is 2.36. The molecule has 2 aromatic rings. The van der Waals surface area contributed by atoms with Crippen molar-refractivity contribution in [1.82, 2.24) is 25.4 Å². The highest BCUT2D eigenvalue weighted by atomic mass is 16.1. The molecule has 8 nitrogen and oxygen atoms in total. The highest BCUT2D eigenvalue weighted by molar-refractivity contribution is 5.94. The standard InChI is InChI=1S/C17H25N7O/c1-13-10-14(2)24(23-13)9-5-8-20-17(18-3)21-12-16(25)22-15-6-4-7-19-11-15/h4,6-7,10-11H,5,8-9,12H2,1-3H3,(H,22,25)(H2,18,20,21). The summed E-state index contributed by atoms with van der Waals surface area (Å²) in [4.78, 5) is 20.0. The van der Waals surface area contributed by atoms with E-state index in [0.29, 0.717) is 11.6 Å². The summed E-state index contributed by atoms with van der Waals surface area (Å²) in [6.07, 6.45) is 4.17. The van der Waals surface area contributed by atoms with E-state index < -0.39 is 0 Å². The number of pyridine rings is 1. The van der Waals surface area contributed by atoms with Crippen molar-refractivity contribution in [2.75, 3.05) is 25.5 Å². The largest absolute Gasteiger partial charge is 0.356 e. The van der Waals surface area contributed by atoms with E-state index in [9.17, 15) is 4.79 Å². The zero-order chi connectivity index (χ0) is 18.1. The van der Waals surface area contributed by atoms with Gasteiger partial charge in [0.1, 0.15) is 0 Å². The molecule has 0 saturated carbocycles. The van der Waals surface area contributed by atoms with Crippen LogP contribution in [0.2, 0.25) is 0 Å². The predicted molar refractivity (Wildman–Crippen MR) is 98.5 cm³/mol. The van der Waals surface area contributed by atoms with Crippen molar-refractivity contribution in [3.63, 3.8) is 0 Å². The van der Waals surface area contributed by atoms with E-state index in [0.717, 1.165) is 30.9 Å². The molecule has 0 radical (unpaired) electrons. The molecule has 134 valence electrons. The van der Waals surface area contributed by atoms with Gasteiger partial charge in [-0.05, 0) is 38.5 Å². The molecule has 0 unspecified atom stereocenters. The molecule has 3 N–H and O–H groups in total. The maximum absolute atomic E-state index is 11.9. The number of anilines is 1. The number of rotatable bonds is 7. The minimum atomic E-state index is -0.154. The van der Waals surface area contributed by atoms with Crippen LogP contribution in [0.1, 0.15) is 17.8 Å². The van der Waals surface area contributed by atoms with Gasteiger partial charge in [0.05, 0.1) is 24.1 Å². The van der Waals surface area contributed by atoms with Gasteiger partial charge in [-0.1, -0.05) is 0 Å². The average molecular weight is 343 g/mol. The second-order valence-corrected chi connectivity index (χ2v) is 5.65. The van der Waals surface area contributed by atoms with E-state index in [1.807, 2.05) is 11.6 Å². The second kappa shape index (κ2) is 9.41. The molecule has 25 heavy (non-hydrogen) atoms. The molecule has 2 aromatic heterocycles. The van der Waals surface area contributed by atoms with Gasteiger partial charge in [0.2, 0.25) is 5.91 Å². The third-order valence-electron chi connectivity index (χ3n) is 3.53. The number of aromatic nitrogens is 3. The van der Waals surface area contributed by atoms with Crippen LogP contribution < -0.4 is 16.0 Å². The minimum absolute atomic E-state index is 0.131. The van der Waals surface area contributed by atoms with E-state index in [-0.39, 0.29) is 12.5 Å². The molecule has 1 amide bonds. The van der Waals surface area contributed by atoms with Crippen molar-refractivity contribution >= 4 is 17.6 Å². The third kappa shape index (κ3) is 6.25. The lowest BCUT2D eigenvalue weighted by molar-refractivity contribution is -0.115. The molecule has 0 aliphatic carbocycles. The maximum atomic E-state index is 11.9. The van der Waals surface area contributed by atoms with Crippen molar-refractivity contribution in [3.8, 4) is 0 Å². The van der Waals surface area contributed by atoms with Crippen LogP contribution in [0.5, 0.6) is 0 Å². The monoisotopic (exact) mass is 343 g/mol. The molecule has 2 heterocycles. The molecule has 0 saturated heterocycles. The summed E-state index contributed by atoms with van der Waals surface area (Å²) in [5, 5.41) is 13.4. The Morgan fingerprint density at radius 3 is 2.80 bits per heavy atom. The Morgan fingerprint density at radius 2 is 2.16 bits per heavy atom. The lowest BCUT2D eigenvalue weighted by Gasteiger charge is -2.12. The number of amides is 1. The first-order chi connectivity index (χ1) is 12.1. The van der Waals surface area contributed by atoms with Crippen molar-refractivity contribution in [3.05, 3.63) is 42.0 Å². The number of aliphatic imine (C=N–C) groups is 1. The second-order valence-electron chi connectivity index (χ2n) is 5.65. The number of carbonyl (C=O) groups is 1. The van der Waals surface area contributed by atoms with E-state index in [2.05, 4.69) is 44.0 Å². The lowest BCUT2D eigenvalue weighted by atomic mass is 10.4. The minimum Gasteiger partial charge on any atom is -0.356 e. The molecule has 0 fully saturated rings. The molecule has 8 heteroatoms. The number of carbonyl (C=O) groups excluding carboxylic acids is 1. The van der Waals surface area contributed by atoms with Crippen LogP contribution in [0.3, 0.4) is 0 Å². The van der Waals surface area contributed by atoms with Gasteiger partial charge in [-0.25, -0.2) is 0 Å². The van der Waals surface area contributed by atoms with Crippen molar-refractivity contribution in [1.29, 1.82) is 0 Å². The smallest absolute Gasteiger partial charge is 0.243 e. The summed E-state index contributed by atoms with van der Waals surface area (Å²) in [6.45, 7) is 5.75. The average Bonchev–Trinajstić information content (AvgIpc) is 2.92. The molecular formula is C17H25N7O. The highest BCUT2D eigenvalue weighted by Crippen LogP contribution is 2.02. The molecular weight excluding hydrogens is 318 g/mol. The zero-order valence-electron chi connectivity index (χ0n) is 14.9. The maximum Gasteiger partial charge on any atom is 0.243 e. The summed E-state index contributed by atoms with van der Waals surface area (Å²) in [7, 11) is 1.68. The van der Waals surface area contributed by atoms with E-state index in [4.69, 9.17) is 0 Å². The summed E-state index contributed by atoms with van der Waals surface area (Å²) in [5.74, 6) is 0.438. The number of hydrogen-bond donors (Lipinski definition) is 3. The Bertz CT molecular complexity index is 709. The van der Waals surface area contributed by atoms with Gasteiger partial charge < -0.3 is 16.0 Å². The van der Waals surface area contributed by atoms with Gasteiger partial charge in [0.15, 0.2) is 5.96 Å². The molecule has 0 aliphatic rings. The van der Waals surface area contributed by atoms with Crippen LogP contribution in [0.4, 0.5) is 5.69 Å². The Balaban J connectivity index is 1.66. The van der Waals surface area contributed by atoms with Crippen LogP contribution in [0.25, 0.3) is 0 Å². The SMILES string of the molecule is CN=C(NCCCn1nc(C)cc1C)NCC(=O)Nc1cccnc1. The molecule has 0 bridgehead atoms. The molecule has 0 spiro atoms. The van der Waals surface area contributed by atoms with Gasteiger partial charge in [-0.2, -0.15) is 5.10 Å². The van der Waals surface area contributed by atoms with Crippen LogP contribution in [0, 0.1) is 13.8 Å². The molecule has 0 atom stereocenters. The van der Waals surface area contributed by atoms with Crippen molar-refractivity contribution in [2.45, 2.75) is 26.8 Å². The summed E-state index contributed by atoms with van der Waals surface area (Å²) >= 11 is 0. The van der Waals surface area contributed by atoms with Crippen molar-refractivity contribution < 1.29 is 4.79 Å².